The minimum Gasteiger partial charge on any atom is -0.486 e. The van der Waals surface area contributed by atoms with Crippen LogP contribution in [0.15, 0.2) is 53.9 Å². The molecule has 0 fully saturated rings. The fourth-order valence-corrected chi connectivity index (χ4v) is 3.51. The zero-order valence-corrected chi connectivity index (χ0v) is 16.2. The second-order valence-corrected chi connectivity index (χ2v) is 7.17. The first-order chi connectivity index (χ1) is 14.4. The first kappa shape index (κ1) is 20.1. The first-order valence-electron chi connectivity index (χ1n) is 8.80. The maximum Gasteiger partial charge on any atom is 0.416 e. The molecule has 0 atom stereocenters. The minimum atomic E-state index is -4.48. The van der Waals surface area contributed by atoms with Crippen LogP contribution in [0.3, 0.4) is 0 Å². The number of nitrogens with one attached hydrogen (secondary N) is 1. The third-order valence-corrected chi connectivity index (χ3v) is 5.07. The molecule has 0 spiro atoms. The molecule has 1 aliphatic heterocycles. The molecule has 2 aromatic carbocycles. The van der Waals surface area contributed by atoms with Crippen molar-refractivity contribution < 1.29 is 27.4 Å². The zero-order valence-electron chi connectivity index (χ0n) is 15.3. The molecule has 1 aromatic heterocycles. The average molecular weight is 436 g/mol. The number of ether oxygens (including phenoxy) is 2. The number of carbonyl (C=O) groups is 1. The number of halogens is 3. The molecular weight excluding hydrogens is 421 g/mol. The molecule has 7 nitrogen and oxygen atoms in total. The van der Waals surface area contributed by atoms with Gasteiger partial charge >= 0.3 is 6.18 Å². The van der Waals surface area contributed by atoms with Crippen molar-refractivity contribution in [2.75, 3.05) is 24.3 Å². The van der Waals surface area contributed by atoms with Crippen LogP contribution in [-0.2, 0) is 11.0 Å². The van der Waals surface area contributed by atoms with Crippen molar-refractivity contribution in [3.63, 3.8) is 0 Å². The van der Waals surface area contributed by atoms with Gasteiger partial charge < -0.3 is 14.8 Å². The van der Waals surface area contributed by atoms with Crippen LogP contribution in [0.2, 0.25) is 0 Å². The topological polar surface area (TPSA) is 78.3 Å². The van der Waals surface area contributed by atoms with Crippen molar-refractivity contribution >= 4 is 23.4 Å². The van der Waals surface area contributed by atoms with E-state index in [1.54, 1.807) is 16.7 Å². The van der Waals surface area contributed by atoms with Crippen molar-refractivity contribution in [2.45, 2.75) is 11.3 Å². The van der Waals surface area contributed by atoms with E-state index in [9.17, 15) is 18.0 Å². The van der Waals surface area contributed by atoms with Gasteiger partial charge in [-0.1, -0.05) is 17.8 Å². The van der Waals surface area contributed by atoms with Crippen LogP contribution >= 0.6 is 11.8 Å². The lowest BCUT2D eigenvalue weighted by Crippen LogP contribution is -2.16. The van der Waals surface area contributed by atoms with Gasteiger partial charge in [0.1, 0.15) is 19.5 Å². The highest BCUT2D eigenvalue weighted by atomic mass is 32.2. The minimum absolute atomic E-state index is 0.0561. The lowest BCUT2D eigenvalue weighted by molar-refractivity contribution is -0.137. The lowest BCUT2D eigenvalue weighted by Gasteiger charge is -2.19. The smallest absolute Gasteiger partial charge is 0.416 e. The van der Waals surface area contributed by atoms with Gasteiger partial charge in [-0.3, -0.25) is 9.36 Å². The van der Waals surface area contributed by atoms with Crippen LogP contribution in [-0.4, -0.2) is 39.6 Å². The molecule has 1 aliphatic rings. The van der Waals surface area contributed by atoms with Gasteiger partial charge in [-0.05, 0) is 30.3 Å². The molecule has 3 aromatic rings. The number of benzene rings is 2. The van der Waals surface area contributed by atoms with E-state index < -0.39 is 17.6 Å². The Kier molecular flexibility index (Phi) is 5.53. The monoisotopic (exact) mass is 436 g/mol. The largest absolute Gasteiger partial charge is 0.486 e. The number of hydrogen-bond donors (Lipinski definition) is 1. The summed E-state index contributed by atoms with van der Waals surface area (Å²) in [5, 5.41) is 10.8. The Hall–Kier alpha value is -3.21. The van der Waals surface area contributed by atoms with Crippen LogP contribution in [0.4, 0.5) is 18.9 Å². The second kappa shape index (κ2) is 8.27. The summed E-state index contributed by atoms with van der Waals surface area (Å²) >= 11 is 1.11. The fourth-order valence-electron chi connectivity index (χ4n) is 2.78. The van der Waals surface area contributed by atoms with Gasteiger partial charge in [-0.15, -0.1) is 10.2 Å². The van der Waals surface area contributed by atoms with Crippen LogP contribution in [0.1, 0.15) is 5.56 Å². The summed E-state index contributed by atoms with van der Waals surface area (Å²) in [7, 11) is 0. The normalized spacial score (nSPS) is 13.2. The van der Waals surface area contributed by atoms with Crippen molar-refractivity contribution in [3.05, 3.63) is 54.4 Å². The van der Waals surface area contributed by atoms with Crippen molar-refractivity contribution in [1.29, 1.82) is 0 Å². The summed E-state index contributed by atoms with van der Waals surface area (Å²) in [5.41, 5.74) is -0.0277. The number of thioether (sulfide) groups is 1. The second-order valence-electron chi connectivity index (χ2n) is 6.23. The molecule has 4 rings (SSSR count). The summed E-state index contributed by atoms with van der Waals surface area (Å²) < 4.78 is 51.1. The van der Waals surface area contributed by atoms with E-state index in [0.29, 0.717) is 29.9 Å². The SMILES string of the molecule is O=C(CSc1nncn1-c1ccc2c(c1)OCCO2)Nc1cccc(C(F)(F)F)c1. The summed E-state index contributed by atoms with van der Waals surface area (Å²) in [6, 6.07) is 9.84. The van der Waals surface area contributed by atoms with Crippen LogP contribution in [0.5, 0.6) is 11.5 Å². The van der Waals surface area contributed by atoms with Crippen LogP contribution in [0.25, 0.3) is 5.69 Å². The molecule has 0 radical (unpaired) electrons. The Balaban J connectivity index is 1.42. The van der Waals surface area contributed by atoms with Crippen molar-refractivity contribution in [2.24, 2.45) is 0 Å². The average Bonchev–Trinajstić information content (AvgIpc) is 3.20. The van der Waals surface area contributed by atoms with E-state index in [2.05, 4.69) is 15.5 Å². The maximum absolute atomic E-state index is 12.8. The Bertz CT molecular complexity index is 1070. The molecular formula is C19H15F3N4O3S. The number of anilines is 1. The number of carbonyl (C=O) groups excluding carboxylic acids is 1. The van der Waals surface area contributed by atoms with Crippen molar-refractivity contribution in [3.8, 4) is 17.2 Å². The summed E-state index contributed by atoms with van der Waals surface area (Å²) in [5.74, 6) is 0.730. The third-order valence-electron chi connectivity index (χ3n) is 4.13. The molecule has 30 heavy (non-hydrogen) atoms. The summed E-state index contributed by atoms with van der Waals surface area (Å²) in [6.45, 7) is 0.941. The highest BCUT2D eigenvalue weighted by molar-refractivity contribution is 7.99. The third kappa shape index (κ3) is 4.51. The predicted octanol–water partition coefficient (Wildman–Crippen LogP) is 3.79. The highest BCUT2D eigenvalue weighted by Gasteiger charge is 2.30. The van der Waals surface area contributed by atoms with Crippen LogP contribution < -0.4 is 14.8 Å². The van der Waals surface area contributed by atoms with E-state index in [1.165, 1.54) is 18.5 Å². The van der Waals surface area contributed by atoms with E-state index in [0.717, 1.165) is 29.6 Å². The standard InChI is InChI=1S/C19H15F3N4O3S/c20-19(21,22)12-2-1-3-13(8-12)24-17(27)10-30-18-25-23-11-26(18)14-4-5-15-16(9-14)29-7-6-28-15/h1-5,8-9,11H,6-7,10H2,(H,24,27). The Morgan fingerprint density at radius 1 is 1.13 bits per heavy atom. The highest BCUT2D eigenvalue weighted by Crippen LogP contribution is 2.33. The Morgan fingerprint density at radius 2 is 1.93 bits per heavy atom. The van der Waals surface area contributed by atoms with Gasteiger partial charge in [0.05, 0.1) is 17.0 Å². The number of alkyl halides is 3. The van der Waals surface area contributed by atoms with Gasteiger partial charge in [0.2, 0.25) is 5.91 Å². The number of nitrogens with zero attached hydrogens (tertiary/aromatic N) is 3. The van der Waals surface area contributed by atoms with Gasteiger partial charge in [-0.2, -0.15) is 13.2 Å². The molecule has 2 heterocycles. The number of amides is 1. The number of aromatic nitrogens is 3. The van der Waals surface area contributed by atoms with Gasteiger partial charge in [-0.25, -0.2) is 0 Å². The number of fused-ring (bicyclic) bond motifs is 1. The molecule has 0 bridgehead atoms. The molecule has 0 aliphatic carbocycles. The molecule has 0 saturated heterocycles. The van der Waals surface area contributed by atoms with Gasteiger partial charge in [0.15, 0.2) is 16.7 Å². The molecule has 0 saturated carbocycles. The molecule has 0 unspecified atom stereocenters. The van der Waals surface area contributed by atoms with Crippen LogP contribution in [0, 0.1) is 0 Å². The number of rotatable bonds is 5. The Labute approximate surface area is 173 Å². The predicted molar refractivity (Wildman–Crippen MR) is 103 cm³/mol. The van der Waals surface area contributed by atoms with E-state index in [-0.39, 0.29) is 11.4 Å². The van der Waals surface area contributed by atoms with E-state index >= 15 is 0 Å². The fraction of sp³-hybridized carbons (Fsp3) is 0.211. The first-order valence-corrected chi connectivity index (χ1v) is 9.79. The van der Waals surface area contributed by atoms with Crippen molar-refractivity contribution in [1.82, 2.24) is 14.8 Å². The number of hydrogen-bond acceptors (Lipinski definition) is 6. The molecule has 1 amide bonds. The quantitative estimate of drug-likeness (QED) is 0.614. The summed E-state index contributed by atoms with van der Waals surface area (Å²) in [4.78, 5) is 12.2. The maximum atomic E-state index is 12.8. The molecule has 11 heteroatoms. The van der Waals surface area contributed by atoms with E-state index in [1.807, 2.05) is 6.07 Å². The van der Waals surface area contributed by atoms with E-state index in [4.69, 9.17) is 9.47 Å². The zero-order chi connectivity index (χ0) is 21.1. The lowest BCUT2D eigenvalue weighted by atomic mass is 10.2. The van der Waals surface area contributed by atoms with Gasteiger partial charge in [0.25, 0.3) is 0 Å². The molecule has 156 valence electrons. The molecule has 1 N–H and O–H groups in total. The summed E-state index contributed by atoms with van der Waals surface area (Å²) in [6.07, 6.45) is -2.98. The van der Waals surface area contributed by atoms with Gasteiger partial charge in [0, 0.05) is 11.8 Å². The Morgan fingerprint density at radius 3 is 2.73 bits per heavy atom.